The van der Waals surface area contributed by atoms with Gasteiger partial charge in [0, 0.05) is 15.7 Å². The number of carbonyl (C=O) groups is 2. The summed E-state index contributed by atoms with van der Waals surface area (Å²) in [6.07, 6.45) is 0.0760. The first-order chi connectivity index (χ1) is 14.6. The Morgan fingerprint density at radius 2 is 1.60 bits per heavy atom. The molecule has 0 aromatic heterocycles. The molecule has 2 amide bonds. The molecule has 0 bridgehead atoms. The molecular formula is C23H18IN3O2S. The van der Waals surface area contributed by atoms with Gasteiger partial charge in [0.05, 0.1) is 11.4 Å². The lowest BCUT2D eigenvalue weighted by Gasteiger charge is -2.16. The SMILES string of the molecule is O=C(CC1SC(=Nc2ccccc2)N(c2ccccc2)C1=O)Nc1ccc(I)cc1. The summed E-state index contributed by atoms with van der Waals surface area (Å²) >= 11 is 3.53. The van der Waals surface area contributed by atoms with Crippen LogP contribution in [0.5, 0.6) is 0 Å². The van der Waals surface area contributed by atoms with Crippen molar-refractivity contribution in [3.8, 4) is 0 Å². The molecule has 0 radical (unpaired) electrons. The third-order valence-electron chi connectivity index (χ3n) is 4.43. The van der Waals surface area contributed by atoms with Crippen molar-refractivity contribution < 1.29 is 9.59 Å². The van der Waals surface area contributed by atoms with Crippen molar-refractivity contribution in [3.05, 3.63) is 88.5 Å². The van der Waals surface area contributed by atoms with Crippen molar-refractivity contribution in [3.63, 3.8) is 0 Å². The van der Waals surface area contributed by atoms with E-state index in [1.54, 1.807) is 4.90 Å². The second-order valence-electron chi connectivity index (χ2n) is 6.60. The Kier molecular flexibility index (Phi) is 6.49. The van der Waals surface area contributed by atoms with Gasteiger partial charge >= 0.3 is 0 Å². The van der Waals surface area contributed by atoms with Gasteiger partial charge in [-0.05, 0) is 71.1 Å². The number of hydrogen-bond donors (Lipinski definition) is 1. The van der Waals surface area contributed by atoms with Gasteiger partial charge in [-0.15, -0.1) is 0 Å². The minimum absolute atomic E-state index is 0.0760. The van der Waals surface area contributed by atoms with E-state index in [-0.39, 0.29) is 18.2 Å². The highest BCUT2D eigenvalue weighted by Gasteiger charge is 2.40. The summed E-state index contributed by atoms with van der Waals surface area (Å²) in [5.74, 6) is -0.338. The van der Waals surface area contributed by atoms with E-state index in [0.29, 0.717) is 10.9 Å². The maximum absolute atomic E-state index is 13.2. The molecule has 4 rings (SSSR count). The van der Waals surface area contributed by atoms with Crippen LogP contribution in [0.4, 0.5) is 17.1 Å². The predicted molar refractivity (Wildman–Crippen MR) is 131 cm³/mol. The first kappa shape index (κ1) is 20.6. The standard InChI is InChI=1S/C23H18IN3O2S/c24-16-11-13-18(14-12-16)25-21(28)15-20-22(29)27(19-9-5-2-6-10-19)23(30-20)26-17-7-3-1-4-8-17/h1-14,20H,15H2,(H,25,28). The van der Waals surface area contributed by atoms with E-state index in [1.165, 1.54) is 11.8 Å². The summed E-state index contributed by atoms with van der Waals surface area (Å²) in [4.78, 5) is 32.0. The summed E-state index contributed by atoms with van der Waals surface area (Å²) in [5.41, 5.74) is 2.22. The van der Waals surface area contributed by atoms with Crippen LogP contribution in [0, 0.1) is 3.57 Å². The fraction of sp³-hybridized carbons (Fsp3) is 0.0870. The Hall–Kier alpha value is -2.65. The summed E-state index contributed by atoms with van der Waals surface area (Å²) < 4.78 is 1.09. The zero-order valence-electron chi connectivity index (χ0n) is 15.9. The van der Waals surface area contributed by atoms with Gasteiger partial charge in [0.2, 0.25) is 11.8 Å². The molecule has 1 aliphatic rings. The molecule has 1 aliphatic heterocycles. The first-order valence-corrected chi connectivity index (χ1v) is 11.3. The maximum Gasteiger partial charge on any atom is 0.247 e. The quantitative estimate of drug-likeness (QED) is 0.449. The number of carbonyl (C=O) groups excluding carboxylic acids is 2. The zero-order valence-corrected chi connectivity index (χ0v) is 18.8. The fourth-order valence-corrected chi connectivity index (χ4v) is 4.53. The number of para-hydroxylation sites is 2. The van der Waals surface area contributed by atoms with Crippen molar-refractivity contribution in [1.29, 1.82) is 0 Å². The van der Waals surface area contributed by atoms with E-state index < -0.39 is 5.25 Å². The molecule has 7 heteroatoms. The molecule has 3 aromatic carbocycles. The summed E-state index contributed by atoms with van der Waals surface area (Å²) in [5, 5.41) is 2.91. The Balaban J connectivity index is 1.56. The van der Waals surface area contributed by atoms with Crippen LogP contribution in [-0.2, 0) is 9.59 Å². The molecule has 3 aromatic rings. The van der Waals surface area contributed by atoms with Gasteiger partial charge < -0.3 is 5.32 Å². The highest BCUT2D eigenvalue weighted by Crippen LogP contribution is 2.35. The van der Waals surface area contributed by atoms with Gasteiger partial charge in [-0.25, -0.2) is 4.99 Å². The summed E-state index contributed by atoms with van der Waals surface area (Å²) in [6, 6.07) is 26.4. The smallest absolute Gasteiger partial charge is 0.247 e. The molecule has 150 valence electrons. The van der Waals surface area contributed by atoms with Crippen molar-refractivity contribution >= 4 is 68.4 Å². The second-order valence-corrected chi connectivity index (χ2v) is 9.02. The number of aliphatic imine (C=N–C) groups is 1. The number of rotatable bonds is 5. The molecule has 1 unspecified atom stereocenters. The van der Waals surface area contributed by atoms with Crippen molar-refractivity contribution in [1.82, 2.24) is 0 Å². The average molecular weight is 527 g/mol. The number of amides is 2. The number of thioether (sulfide) groups is 1. The topological polar surface area (TPSA) is 61.8 Å². The number of hydrogen-bond acceptors (Lipinski definition) is 4. The maximum atomic E-state index is 13.2. The Morgan fingerprint density at radius 3 is 2.27 bits per heavy atom. The molecule has 0 saturated carbocycles. The average Bonchev–Trinajstić information content (AvgIpc) is 3.05. The molecule has 1 N–H and O–H groups in total. The third kappa shape index (κ3) is 4.91. The van der Waals surface area contributed by atoms with Gasteiger partial charge in [0.25, 0.3) is 0 Å². The zero-order chi connectivity index (χ0) is 20.9. The minimum atomic E-state index is -0.531. The molecule has 1 fully saturated rings. The highest BCUT2D eigenvalue weighted by molar-refractivity contribution is 14.1. The van der Waals surface area contributed by atoms with Gasteiger partial charge in [0.1, 0.15) is 5.25 Å². The van der Waals surface area contributed by atoms with Gasteiger partial charge in [-0.2, -0.15) is 0 Å². The van der Waals surface area contributed by atoms with Gasteiger partial charge in [-0.1, -0.05) is 48.2 Å². The van der Waals surface area contributed by atoms with Crippen molar-refractivity contribution in [2.75, 3.05) is 10.2 Å². The van der Waals surface area contributed by atoms with Crippen LogP contribution in [0.15, 0.2) is 89.9 Å². The van der Waals surface area contributed by atoms with E-state index in [9.17, 15) is 9.59 Å². The summed E-state index contributed by atoms with van der Waals surface area (Å²) in [6.45, 7) is 0. The lowest BCUT2D eigenvalue weighted by atomic mass is 10.2. The minimum Gasteiger partial charge on any atom is -0.326 e. The Bertz CT molecular complexity index is 1070. The van der Waals surface area contributed by atoms with Crippen molar-refractivity contribution in [2.45, 2.75) is 11.7 Å². The second kappa shape index (κ2) is 9.44. The lowest BCUT2D eigenvalue weighted by Crippen LogP contribution is -2.33. The van der Waals surface area contributed by atoms with Crippen LogP contribution in [0.2, 0.25) is 0 Å². The Morgan fingerprint density at radius 1 is 0.967 bits per heavy atom. The Labute approximate surface area is 192 Å². The molecule has 1 atom stereocenters. The van der Waals surface area contributed by atoms with E-state index in [1.807, 2.05) is 84.9 Å². The number of amidine groups is 1. The molecule has 1 saturated heterocycles. The van der Waals surface area contributed by atoms with E-state index in [4.69, 9.17) is 0 Å². The van der Waals surface area contributed by atoms with Crippen LogP contribution >= 0.6 is 34.4 Å². The van der Waals surface area contributed by atoms with E-state index >= 15 is 0 Å². The first-order valence-electron chi connectivity index (χ1n) is 9.35. The molecule has 0 aliphatic carbocycles. The number of anilines is 2. The van der Waals surface area contributed by atoms with E-state index in [0.717, 1.165) is 14.9 Å². The predicted octanol–water partition coefficient (Wildman–Crippen LogP) is 5.46. The van der Waals surface area contributed by atoms with Crippen molar-refractivity contribution in [2.24, 2.45) is 4.99 Å². The van der Waals surface area contributed by atoms with Crippen LogP contribution in [0.1, 0.15) is 6.42 Å². The number of nitrogens with zero attached hydrogens (tertiary/aromatic N) is 2. The lowest BCUT2D eigenvalue weighted by molar-refractivity contribution is -0.121. The third-order valence-corrected chi connectivity index (χ3v) is 6.29. The van der Waals surface area contributed by atoms with Crippen LogP contribution in [-0.4, -0.2) is 22.2 Å². The van der Waals surface area contributed by atoms with Crippen LogP contribution in [0.25, 0.3) is 0 Å². The van der Waals surface area contributed by atoms with Crippen LogP contribution in [0.3, 0.4) is 0 Å². The number of nitrogens with one attached hydrogen (secondary N) is 1. The molecule has 0 spiro atoms. The number of halogens is 1. The molecular weight excluding hydrogens is 509 g/mol. The molecule has 5 nitrogen and oxygen atoms in total. The molecule has 1 heterocycles. The van der Waals surface area contributed by atoms with Gasteiger partial charge in [0.15, 0.2) is 5.17 Å². The number of benzene rings is 3. The highest BCUT2D eigenvalue weighted by atomic mass is 127. The fourth-order valence-electron chi connectivity index (χ4n) is 3.02. The van der Waals surface area contributed by atoms with E-state index in [2.05, 4.69) is 32.9 Å². The van der Waals surface area contributed by atoms with Gasteiger partial charge in [-0.3, -0.25) is 14.5 Å². The normalized spacial score (nSPS) is 17.4. The van der Waals surface area contributed by atoms with Crippen LogP contribution < -0.4 is 10.2 Å². The largest absolute Gasteiger partial charge is 0.326 e. The molecule has 30 heavy (non-hydrogen) atoms. The summed E-state index contributed by atoms with van der Waals surface area (Å²) in [7, 11) is 0. The monoisotopic (exact) mass is 527 g/mol.